The van der Waals surface area contributed by atoms with Gasteiger partial charge in [0.25, 0.3) is 6.43 Å². The molecule has 5 nitrogen and oxygen atoms in total. The van der Waals surface area contributed by atoms with Crippen LogP contribution in [-0.2, 0) is 9.47 Å². The van der Waals surface area contributed by atoms with E-state index >= 15 is 0 Å². The lowest BCUT2D eigenvalue weighted by atomic mass is 10.1. The van der Waals surface area contributed by atoms with Crippen molar-refractivity contribution < 1.29 is 18.3 Å². The van der Waals surface area contributed by atoms with Gasteiger partial charge in [-0.25, -0.2) is 8.78 Å². The van der Waals surface area contributed by atoms with Gasteiger partial charge in [-0.05, 0) is 39.9 Å². The highest BCUT2D eigenvalue weighted by Crippen LogP contribution is 2.23. The highest BCUT2D eigenvalue weighted by Gasteiger charge is 2.26. The van der Waals surface area contributed by atoms with Crippen LogP contribution in [0.4, 0.5) is 8.78 Å². The van der Waals surface area contributed by atoms with Gasteiger partial charge in [-0.3, -0.25) is 4.90 Å². The van der Waals surface area contributed by atoms with Crippen LogP contribution in [0.1, 0.15) is 34.1 Å². The van der Waals surface area contributed by atoms with Gasteiger partial charge in [0.2, 0.25) is 0 Å². The number of nitrogens with one attached hydrogen (secondary N) is 2. The average Bonchev–Trinajstić information content (AvgIpc) is 2.53. The summed E-state index contributed by atoms with van der Waals surface area (Å²) in [7, 11) is 1.96. The number of alkyl halides is 2. The Kier molecular flexibility index (Phi) is 9.07. The van der Waals surface area contributed by atoms with Crippen molar-refractivity contribution in [1.29, 1.82) is 0 Å². The Morgan fingerprint density at radius 1 is 1.38 bits per heavy atom. The molecule has 0 aromatic rings. The number of nitrogens with zero attached hydrogens (tertiary/aromatic N) is 1. The van der Waals surface area contributed by atoms with Crippen molar-refractivity contribution in [3.8, 4) is 0 Å². The lowest BCUT2D eigenvalue weighted by Gasteiger charge is -2.30. The highest BCUT2D eigenvalue weighted by atomic mass is 19.3. The summed E-state index contributed by atoms with van der Waals surface area (Å²) >= 11 is 0. The molecule has 24 heavy (non-hydrogen) atoms. The Labute approximate surface area is 144 Å². The van der Waals surface area contributed by atoms with E-state index in [-0.39, 0.29) is 23.6 Å². The third-order valence-electron chi connectivity index (χ3n) is 3.74. The monoisotopic (exact) mass is 347 g/mol. The van der Waals surface area contributed by atoms with Crippen molar-refractivity contribution in [3.63, 3.8) is 0 Å². The number of hydrogen-bond donors (Lipinski definition) is 2. The zero-order chi connectivity index (χ0) is 18.1. The van der Waals surface area contributed by atoms with E-state index in [2.05, 4.69) is 15.5 Å². The van der Waals surface area contributed by atoms with Gasteiger partial charge in [0.1, 0.15) is 6.10 Å². The molecule has 0 radical (unpaired) electrons. The van der Waals surface area contributed by atoms with Crippen LogP contribution in [0.15, 0.2) is 23.2 Å². The highest BCUT2D eigenvalue weighted by molar-refractivity contribution is 5.34. The topological polar surface area (TPSA) is 45.8 Å². The molecule has 1 rings (SSSR count). The third-order valence-corrected chi connectivity index (χ3v) is 3.74. The van der Waals surface area contributed by atoms with Gasteiger partial charge in [-0.1, -0.05) is 13.8 Å². The minimum atomic E-state index is -2.61. The number of halogens is 2. The predicted molar refractivity (Wildman–Crippen MR) is 91.7 cm³/mol. The first kappa shape index (κ1) is 20.7. The molecule has 2 unspecified atom stereocenters. The van der Waals surface area contributed by atoms with Crippen LogP contribution in [0, 0.1) is 0 Å². The Morgan fingerprint density at radius 3 is 2.67 bits per heavy atom. The van der Waals surface area contributed by atoms with Crippen LogP contribution in [0.25, 0.3) is 0 Å². The number of allylic oxidation sites excluding steroid dienone is 2. The molecule has 0 aromatic carbocycles. The Balaban J connectivity index is 2.78. The second kappa shape index (κ2) is 10.5. The smallest absolute Gasteiger partial charge is 0.269 e. The number of dihydropyridines is 1. The van der Waals surface area contributed by atoms with Crippen molar-refractivity contribution in [1.82, 2.24) is 15.5 Å². The molecule has 140 valence electrons. The molecule has 7 heteroatoms. The second-order valence-electron chi connectivity index (χ2n) is 6.06. The molecule has 0 spiro atoms. The summed E-state index contributed by atoms with van der Waals surface area (Å²) in [6.07, 6.45) is -0.500. The standard InChI is InChI=1S/C17H31F2N3O2/c1-6-8-23-10-12(3)24-17-14(16(18)19)9-15(13(4)21-17)20-11-22(5)7-2/h9,12-13,16,20-21H,6-8,10-11H2,1-5H3. The Hall–Kier alpha value is -1.34. The minimum absolute atomic E-state index is 0.128. The normalized spacial score (nSPS) is 19.4. The van der Waals surface area contributed by atoms with Gasteiger partial charge < -0.3 is 20.1 Å². The Morgan fingerprint density at radius 2 is 2.08 bits per heavy atom. The van der Waals surface area contributed by atoms with E-state index in [0.29, 0.717) is 19.9 Å². The number of hydrogen-bond acceptors (Lipinski definition) is 5. The fourth-order valence-electron chi connectivity index (χ4n) is 2.15. The first-order valence-corrected chi connectivity index (χ1v) is 8.56. The summed E-state index contributed by atoms with van der Waals surface area (Å²) in [5.41, 5.74) is 0.602. The molecule has 0 saturated heterocycles. The minimum Gasteiger partial charge on any atom is -0.473 e. The van der Waals surface area contributed by atoms with E-state index in [1.807, 2.05) is 34.7 Å². The van der Waals surface area contributed by atoms with Gasteiger partial charge in [-0.15, -0.1) is 0 Å². The van der Waals surface area contributed by atoms with E-state index in [1.54, 1.807) is 0 Å². The summed E-state index contributed by atoms with van der Waals surface area (Å²) in [6.45, 7) is 10.3. The van der Waals surface area contributed by atoms with E-state index in [1.165, 1.54) is 6.08 Å². The van der Waals surface area contributed by atoms with Crippen molar-refractivity contribution in [3.05, 3.63) is 23.2 Å². The molecule has 0 saturated carbocycles. The van der Waals surface area contributed by atoms with Crippen molar-refractivity contribution in [2.45, 2.75) is 52.7 Å². The van der Waals surface area contributed by atoms with Gasteiger partial charge in [-0.2, -0.15) is 0 Å². The maximum absolute atomic E-state index is 13.4. The summed E-state index contributed by atoms with van der Waals surface area (Å²) in [5, 5.41) is 6.23. The molecule has 0 aliphatic carbocycles. The van der Waals surface area contributed by atoms with Crippen LogP contribution >= 0.6 is 0 Å². The summed E-state index contributed by atoms with van der Waals surface area (Å²) in [6, 6.07) is -0.128. The first-order valence-electron chi connectivity index (χ1n) is 8.56. The summed E-state index contributed by atoms with van der Waals surface area (Å²) in [5.74, 6) is 0.138. The van der Waals surface area contributed by atoms with E-state index in [4.69, 9.17) is 9.47 Å². The SMILES string of the molecule is CCCOCC(C)OC1=C(C(F)F)C=C(NCN(C)CC)C(C)N1. The lowest BCUT2D eigenvalue weighted by Crippen LogP contribution is -2.42. The molecule has 1 aliphatic heterocycles. The third kappa shape index (κ3) is 6.65. The molecule has 0 aromatic heterocycles. The average molecular weight is 347 g/mol. The van der Waals surface area contributed by atoms with Crippen molar-refractivity contribution >= 4 is 0 Å². The van der Waals surface area contributed by atoms with Crippen LogP contribution in [0.2, 0.25) is 0 Å². The fourth-order valence-corrected chi connectivity index (χ4v) is 2.15. The van der Waals surface area contributed by atoms with Crippen LogP contribution in [0.3, 0.4) is 0 Å². The maximum Gasteiger partial charge on any atom is 0.269 e. The van der Waals surface area contributed by atoms with Crippen LogP contribution in [0.5, 0.6) is 0 Å². The zero-order valence-corrected chi connectivity index (χ0v) is 15.4. The molecule has 1 heterocycles. The first-order chi connectivity index (χ1) is 11.4. The predicted octanol–water partition coefficient (Wildman–Crippen LogP) is 2.67. The van der Waals surface area contributed by atoms with Gasteiger partial charge in [0, 0.05) is 12.3 Å². The lowest BCUT2D eigenvalue weighted by molar-refractivity contribution is 0.0145. The molecular formula is C17H31F2N3O2. The van der Waals surface area contributed by atoms with Crippen molar-refractivity contribution in [2.24, 2.45) is 0 Å². The largest absolute Gasteiger partial charge is 0.473 e. The summed E-state index contributed by atoms with van der Waals surface area (Å²) < 4.78 is 37.9. The summed E-state index contributed by atoms with van der Waals surface area (Å²) in [4.78, 5) is 2.05. The van der Waals surface area contributed by atoms with E-state index in [9.17, 15) is 8.78 Å². The maximum atomic E-state index is 13.4. The van der Waals surface area contributed by atoms with Gasteiger partial charge >= 0.3 is 0 Å². The van der Waals surface area contributed by atoms with E-state index in [0.717, 1.165) is 18.7 Å². The zero-order valence-electron chi connectivity index (χ0n) is 15.4. The molecule has 0 fully saturated rings. The molecule has 2 N–H and O–H groups in total. The van der Waals surface area contributed by atoms with Crippen LogP contribution < -0.4 is 10.6 Å². The number of rotatable bonds is 11. The van der Waals surface area contributed by atoms with Crippen molar-refractivity contribution in [2.75, 3.05) is 33.5 Å². The second-order valence-corrected chi connectivity index (χ2v) is 6.06. The van der Waals surface area contributed by atoms with Gasteiger partial charge in [0.05, 0.1) is 24.9 Å². The molecule has 0 bridgehead atoms. The molecule has 1 aliphatic rings. The Bertz CT molecular complexity index is 442. The molecule has 0 amide bonds. The molecule has 2 atom stereocenters. The molecular weight excluding hydrogens is 316 g/mol. The number of ether oxygens (including phenoxy) is 2. The fraction of sp³-hybridized carbons (Fsp3) is 0.765. The quantitative estimate of drug-likeness (QED) is 0.444. The van der Waals surface area contributed by atoms with Gasteiger partial charge in [0.15, 0.2) is 5.88 Å². The van der Waals surface area contributed by atoms with E-state index < -0.39 is 6.43 Å². The van der Waals surface area contributed by atoms with Crippen LogP contribution in [-0.4, -0.2) is 56.9 Å².